The molecule has 0 bridgehead atoms. The van der Waals surface area contributed by atoms with E-state index in [1.165, 1.54) is 32.5 Å². The van der Waals surface area contributed by atoms with Crippen LogP contribution in [0, 0.1) is 6.92 Å². The minimum absolute atomic E-state index is 0.909. The lowest BCUT2D eigenvalue weighted by Crippen LogP contribution is -1.97. The summed E-state index contributed by atoms with van der Waals surface area (Å²) in [6, 6.07) is 28.2. The van der Waals surface area contributed by atoms with Crippen LogP contribution in [0.1, 0.15) is 16.7 Å². The quantitative estimate of drug-likeness (QED) is 0.385. The molecular weight excluding hydrogens is 322 g/mol. The van der Waals surface area contributed by atoms with Crippen molar-refractivity contribution in [1.82, 2.24) is 4.57 Å². The summed E-state index contributed by atoms with van der Waals surface area (Å²) in [5.74, 6) is 0.999. The molecule has 124 valence electrons. The van der Waals surface area contributed by atoms with E-state index in [9.17, 15) is 0 Å². The zero-order valence-corrected chi connectivity index (χ0v) is 15.2. The third-order valence-corrected chi connectivity index (χ3v) is 5.58. The van der Waals surface area contributed by atoms with E-state index in [4.69, 9.17) is 0 Å². The summed E-state index contributed by atoms with van der Waals surface area (Å²) in [4.78, 5) is 1.35. The molecule has 4 rings (SSSR count). The predicted molar refractivity (Wildman–Crippen MR) is 108 cm³/mol. The maximum atomic E-state index is 2.37. The standard InChI is InChI=1S/C23H21NS/c1-18-11-13-19(14-12-18)15-24-16-23(21-9-5-6-10-22(21)24)25-17-20-7-3-2-4-8-20/h2-14,16H,15,17H2,1H3. The molecule has 1 heterocycles. The molecule has 0 aliphatic carbocycles. The monoisotopic (exact) mass is 343 g/mol. The highest BCUT2D eigenvalue weighted by atomic mass is 32.2. The van der Waals surface area contributed by atoms with Gasteiger partial charge in [0.25, 0.3) is 0 Å². The average molecular weight is 343 g/mol. The first kappa shape index (κ1) is 16.0. The molecule has 25 heavy (non-hydrogen) atoms. The lowest BCUT2D eigenvalue weighted by Gasteiger charge is -2.06. The fourth-order valence-corrected chi connectivity index (χ4v) is 4.13. The highest BCUT2D eigenvalue weighted by molar-refractivity contribution is 7.98. The number of para-hydroxylation sites is 1. The van der Waals surface area contributed by atoms with Gasteiger partial charge in [0.1, 0.15) is 0 Å². The topological polar surface area (TPSA) is 4.93 Å². The second-order valence-electron chi connectivity index (χ2n) is 6.40. The van der Waals surface area contributed by atoms with Crippen molar-refractivity contribution in [1.29, 1.82) is 0 Å². The van der Waals surface area contributed by atoms with Gasteiger partial charge < -0.3 is 4.57 Å². The van der Waals surface area contributed by atoms with Crippen molar-refractivity contribution in [2.24, 2.45) is 0 Å². The molecule has 0 radical (unpaired) electrons. The van der Waals surface area contributed by atoms with Gasteiger partial charge in [-0.1, -0.05) is 78.4 Å². The van der Waals surface area contributed by atoms with E-state index < -0.39 is 0 Å². The fraction of sp³-hybridized carbons (Fsp3) is 0.130. The number of fused-ring (bicyclic) bond motifs is 1. The Balaban J connectivity index is 1.63. The maximum Gasteiger partial charge on any atom is 0.0495 e. The second-order valence-corrected chi connectivity index (χ2v) is 7.42. The number of aromatic nitrogens is 1. The van der Waals surface area contributed by atoms with Crippen LogP contribution in [-0.4, -0.2) is 4.57 Å². The molecule has 0 aliphatic heterocycles. The van der Waals surface area contributed by atoms with Gasteiger partial charge in [-0.3, -0.25) is 0 Å². The predicted octanol–water partition coefficient (Wildman–Crippen LogP) is 6.29. The largest absolute Gasteiger partial charge is 0.342 e. The van der Waals surface area contributed by atoms with Crippen LogP contribution in [0.5, 0.6) is 0 Å². The molecule has 3 aromatic carbocycles. The molecule has 1 aromatic heterocycles. The average Bonchev–Trinajstić information content (AvgIpc) is 3.01. The summed E-state index contributed by atoms with van der Waals surface area (Å²) in [7, 11) is 0. The molecule has 0 unspecified atom stereocenters. The Morgan fingerprint density at radius 1 is 0.760 bits per heavy atom. The number of hydrogen-bond acceptors (Lipinski definition) is 1. The van der Waals surface area contributed by atoms with Crippen LogP contribution in [0.25, 0.3) is 10.9 Å². The minimum atomic E-state index is 0.909. The summed E-state index contributed by atoms with van der Waals surface area (Å²) in [6.45, 7) is 3.04. The Morgan fingerprint density at radius 2 is 1.48 bits per heavy atom. The number of hydrogen-bond donors (Lipinski definition) is 0. The molecule has 0 saturated heterocycles. The van der Waals surface area contributed by atoms with E-state index in [1.54, 1.807) is 0 Å². The molecule has 0 spiro atoms. The number of thioether (sulfide) groups is 1. The second kappa shape index (κ2) is 7.20. The van der Waals surface area contributed by atoms with Crippen molar-refractivity contribution >= 4 is 22.7 Å². The number of benzene rings is 3. The van der Waals surface area contributed by atoms with E-state index in [1.807, 2.05) is 11.8 Å². The first-order valence-electron chi connectivity index (χ1n) is 8.60. The van der Waals surface area contributed by atoms with Crippen LogP contribution in [-0.2, 0) is 12.3 Å². The SMILES string of the molecule is Cc1ccc(Cn2cc(SCc3ccccc3)c3ccccc32)cc1. The summed E-state index contributed by atoms with van der Waals surface area (Å²) < 4.78 is 2.37. The molecular formula is C23H21NS. The summed E-state index contributed by atoms with van der Waals surface area (Å²) in [5, 5.41) is 1.34. The first-order chi connectivity index (χ1) is 12.3. The molecule has 0 amide bonds. The summed E-state index contributed by atoms with van der Waals surface area (Å²) in [6.07, 6.45) is 2.30. The zero-order valence-electron chi connectivity index (χ0n) is 14.4. The highest BCUT2D eigenvalue weighted by Crippen LogP contribution is 2.32. The van der Waals surface area contributed by atoms with Gasteiger partial charge in [0.2, 0.25) is 0 Å². The summed E-state index contributed by atoms with van der Waals surface area (Å²) >= 11 is 1.92. The lowest BCUT2D eigenvalue weighted by atomic mass is 10.1. The third-order valence-electron chi connectivity index (χ3n) is 4.46. The number of aryl methyl sites for hydroxylation is 1. The maximum absolute atomic E-state index is 2.37. The van der Waals surface area contributed by atoms with Gasteiger partial charge in [0, 0.05) is 34.3 Å². The van der Waals surface area contributed by atoms with E-state index in [2.05, 4.69) is 96.6 Å². The van der Waals surface area contributed by atoms with Gasteiger partial charge in [-0.05, 0) is 24.1 Å². The molecule has 0 fully saturated rings. The molecule has 0 saturated carbocycles. The van der Waals surface area contributed by atoms with Crippen LogP contribution >= 0.6 is 11.8 Å². The van der Waals surface area contributed by atoms with Crippen molar-refractivity contribution in [2.45, 2.75) is 24.1 Å². The van der Waals surface area contributed by atoms with E-state index >= 15 is 0 Å². The minimum Gasteiger partial charge on any atom is -0.342 e. The molecule has 2 heteroatoms. The van der Waals surface area contributed by atoms with E-state index in [0.29, 0.717) is 0 Å². The van der Waals surface area contributed by atoms with Crippen molar-refractivity contribution in [2.75, 3.05) is 0 Å². The van der Waals surface area contributed by atoms with E-state index in [-0.39, 0.29) is 0 Å². The van der Waals surface area contributed by atoms with Crippen molar-refractivity contribution in [3.8, 4) is 0 Å². The Hall–Kier alpha value is -2.45. The van der Waals surface area contributed by atoms with Crippen LogP contribution < -0.4 is 0 Å². The Bertz CT molecular complexity index is 968. The van der Waals surface area contributed by atoms with Gasteiger partial charge >= 0.3 is 0 Å². The molecule has 0 aliphatic rings. The van der Waals surface area contributed by atoms with Crippen molar-refractivity contribution in [3.05, 3.63) is 102 Å². The third kappa shape index (κ3) is 3.64. The smallest absolute Gasteiger partial charge is 0.0495 e. The molecule has 0 N–H and O–H groups in total. The fourth-order valence-electron chi connectivity index (χ4n) is 3.08. The number of nitrogens with zero attached hydrogens (tertiary/aromatic N) is 1. The van der Waals surface area contributed by atoms with Gasteiger partial charge in [0.05, 0.1) is 0 Å². The van der Waals surface area contributed by atoms with Crippen LogP contribution in [0.15, 0.2) is 90.0 Å². The Kier molecular flexibility index (Phi) is 4.62. The molecule has 0 atom stereocenters. The Morgan fingerprint density at radius 3 is 2.28 bits per heavy atom. The molecule has 1 nitrogen and oxygen atoms in total. The van der Waals surface area contributed by atoms with Crippen LogP contribution in [0.4, 0.5) is 0 Å². The van der Waals surface area contributed by atoms with Gasteiger partial charge in [-0.25, -0.2) is 0 Å². The van der Waals surface area contributed by atoms with Gasteiger partial charge in [-0.2, -0.15) is 0 Å². The number of rotatable bonds is 5. The lowest BCUT2D eigenvalue weighted by molar-refractivity contribution is 0.829. The van der Waals surface area contributed by atoms with E-state index in [0.717, 1.165) is 12.3 Å². The van der Waals surface area contributed by atoms with Crippen LogP contribution in [0.3, 0.4) is 0 Å². The normalized spacial score (nSPS) is 11.1. The highest BCUT2D eigenvalue weighted by Gasteiger charge is 2.09. The summed E-state index contributed by atoms with van der Waals surface area (Å²) in [5.41, 5.74) is 5.31. The van der Waals surface area contributed by atoms with Crippen molar-refractivity contribution in [3.63, 3.8) is 0 Å². The van der Waals surface area contributed by atoms with Crippen molar-refractivity contribution < 1.29 is 0 Å². The van der Waals surface area contributed by atoms with Crippen LogP contribution in [0.2, 0.25) is 0 Å². The first-order valence-corrected chi connectivity index (χ1v) is 9.58. The van der Waals surface area contributed by atoms with Gasteiger partial charge in [0.15, 0.2) is 0 Å². The molecule has 4 aromatic rings. The Labute approximate surface area is 153 Å². The zero-order chi connectivity index (χ0) is 17.1. The van der Waals surface area contributed by atoms with Gasteiger partial charge in [-0.15, -0.1) is 11.8 Å².